The van der Waals surface area contributed by atoms with E-state index in [2.05, 4.69) is 35.2 Å². The zero-order valence-electron chi connectivity index (χ0n) is 14.1. The van der Waals surface area contributed by atoms with Crippen LogP contribution in [-0.4, -0.2) is 27.8 Å². The van der Waals surface area contributed by atoms with E-state index in [1.165, 1.54) is 24.0 Å². The molecule has 1 aliphatic carbocycles. The average Bonchev–Trinajstić information content (AvgIpc) is 3.36. The van der Waals surface area contributed by atoms with Crippen LogP contribution in [0.1, 0.15) is 54.3 Å². The van der Waals surface area contributed by atoms with Gasteiger partial charge in [0.1, 0.15) is 12.4 Å². The summed E-state index contributed by atoms with van der Waals surface area (Å²) in [5.74, 6) is 1.55. The zero-order valence-corrected chi connectivity index (χ0v) is 14.1. The number of ether oxygens (including phenoxy) is 1. The summed E-state index contributed by atoms with van der Waals surface area (Å²) in [6.45, 7) is 3.57. The number of aromatic nitrogens is 1. The molecule has 0 saturated heterocycles. The Labute approximate surface area is 142 Å². The van der Waals surface area contributed by atoms with Crippen molar-refractivity contribution in [2.24, 2.45) is 0 Å². The van der Waals surface area contributed by atoms with Crippen molar-refractivity contribution in [3.05, 3.63) is 46.8 Å². The molecule has 2 aromatic rings. The molecule has 5 heteroatoms. The Morgan fingerprint density at radius 1 is 1.25 bits per heavy atom. The van der Waals surface area contributed by atoms with Gasteiger partial charge in [-0.1, -0.05) is 22.9 Å². The summed E-state index contributed by atoms with van der Waals surface area (Å²) in [6.07, 6.45) is 4.63. The predicted molar refractivity (Wildman–Crippen MR) is 89.6 cm³/mol. The summed E-state index contributed by atoms with van der Waals surface area (Å²) in [5, 5.41) is 13.3. The molecular formula is C19H24N2O3. The van der Waals surface area contributed by atoms with Crippen molar-refractivity contribution in [2.45, 2.75) is 57.8 Å². The van der Waals surface area contributed by atoms with E-state index in [-0.39, 0.29) is 6.61 Å². The van der Waals surface area contributed by atoms with Crippen LogP contribution < -0.4 is 4.74 Å². The second-order valence-corrected chi connectivity index (χ2v) is 6.89. The van der Waals surface area contributed by atoms with E-state index in [0.29, 0.717) is 17.8 Å². The number of hydrogen-bond acceptors (Lipinski definition) is 5. The standard InChI is InChI=1S/C19H24N2O3/c1-13-4-7-19-17(9-13)18(3-2-8-23-19)21(15-5-6-15)11-14-10-16(12-22)24-20-14/h4,7,9-10,15,18,22H,2-3,5-6,8,11-12H2,1H3. The number of fused-ring (bicyclic) bond motifs is 1. The van der Waals surface area contributed by atoms with Gasteiger partial charge in [-0.15, -0.1) is 0 Å². The normalized spacial score (nSPS) is 20.5. The van der Waals surface area contributed by atoms with Gasteiger partial charge in [-0.3, -0.25) is 4.90 Å². The Morgan fingerprint density at radius 3 is 2.88 bits per heavy atom. The Morgan fingerprint density at radius 2 is 2.12 bits per heavy atom. The van der Waals surface area contributed by atoms with Gasteiger partial charge in [-0.25, -0.2) is 0 Å². The molecule has 128 valence electrons. The maximum absolute atomic E-state index is 9.19. The van der Waals surface area contributed by atoms with E-state index < -0.39 is 0 Å². The van der Waals surface area contributed by atoms with Gasteiger partial charge in [-0.2, -0.15) is 0 Å². The van der Waals surface area contributed by atoms with Gasteiger partial charge in [0.2, 0.25) is 0 Å². The zero-order chi connectivity index (χ0) is 16.5. The van der Waals surface area contributed by atoms with Crippen molar-refractivity contribution < 1.29 is 14.4 Å². The molecule has 24 heavy (non-hydrogen) atoms. The van der Waals surface area contributed by atoms with E-state index in [4.69, 9.17) is 9.26 Å². The van der Waals surface area contributed by atoms with Crippen LogP contribution in [0.15, 0.2) is 28.8 Å². The molecule has 1 aromatic carbocycles. The summed E-state index contributed by atoms with van der Waals surface area (Å²) in [4.78, 5) is 2.55. The van der Waals surface area contributed by atoms with Gasteiger partial charge in [0.25, 0.3) is 0 Å². The number of aryl methyl sites for hydroxylation is 1. The van der Waals surface area contributed by atoms with Crippen molar-refractivity contribution >= 4 is 0 Å². The molecule has 1 aromatic heterocycles. The summed E-state index contributed by atoms with van der Waals surface area (Å²) >= 11 is 0. The lowest BCUT2D eigenvalue weighted by Crippen LogP contribution is -2.30. The van der Waals surface area contributed by atoms with Crippen molar-refractivity contribution in [2.75, 3.05) is 6.61 Å². The number of aliphatic hydroxyl groups excluding tert-OH is 1. The summed E-state index contributed by atoms with van der Waals surface area (Å²) in [5.41, 5.74) is 3.46. The highest BCUT2D eigenvalue weighted by Gasteiger charge is 2.36. The summed E-state index contributed by atoms with van der Waals surface area (Å²) in [7, 11) is 0. The molecule has 2 aliphatic rings. The van der Waals surface area contributed by atoms with Crippen LogP contribution in [0.3, 0.4) is 0 Å². The van der Waals surface area contributed by atoms with Crippen LogP contribution in [0, 0.1) is 6.92 Å². The second-order valence-electron chi connectivity index (χ2n) is 6.89. The van der Waals surface area contributed by atoms with Crippen molar-refractivity contribution in [3.8, 4) is 5.75 Å². The lowest BCUT2D eigenvalue weighted by Gasteiger charge is -2.31. The van der Waals surface area contributed by atoms with Crippen LogP contribution >= 0.6 is 0 Å². The number of benzene rings is 1. The monoisotopic (exact) mass is 328 g/mol. The fraction of sp³-hybridized carbons (Fsp3) is 0.526. The van der Waals surface area contributed by atoms with Crippen molar-refractivity contribution in [3.63, 3.8) is 0 Å². The highest BCUT2D eigenvalue weighted by atomic mass is 16.5. The lowest BCUT2D eigenvalue weighted by atomic mass is 9.98. The van der Waals surface area contributed by atoms with Crippen LogP contribution in [-0.2, 0) is 13.2 Å². The van der Waals surface area contributed by atoms with Crippen molar-refractivity contribution in [1.82, 2.24) is 10.1 Å². The third-order valence-corrected chi connectivity index (χ3v) is 4.93. The SMILES string of the molecule is Cc1ccc2c(c1)C(N(Cc1cc(CO)on1)C1CC1)CCCO2. The van der Waals surface area contributed by atoms with Gasteiger partial charge in [0.15, 0.2) is 5.76 Å². The first kappa shape index (κ1) is 15.7. The minimum atomic E-state index is -0.101. The molecule has 1 aliphatic heterocycles. The van der Waals surface area contributed by atoms with Gasteiger partial charge in [-0.05, 0) is 38.7 Å². The summed E-state index contributed by atoms with van der Waals surface area (Å²) in [6, 6.07) is 9.31. The van der Waals surface area contributed by atoms with Gasteiger partial charge in [0.05, 0.1) is 12.3 Å². The van der Waals surface area contributed by atoms with Gasteiger partial charge >= 0.3 is 0 Å². The van der Waals surface area contributed by atoms with Gasteiger partial charge in [0, 0.05) is 30.3 Å². The van der Waals surface area contributed by atoms with E-state index in [1.54, 1.807) is 0 Å². The summed E-state index contributed by atoms with van der Waals surface area (Å²) < 4.78 is 11.1. The molecule has 0 bridgehead atoms. The molecule has 1 N–H and O–H groups in total. The maximum Gasteiger partial charge on any atom is 0.162 e. The maximum atomic E-state index is 9.19. The van der Waals surface area contributed by atoms with E-state index in [9.17, 15) is 5.11 Å². The first-order chi connectivity index (χ1) is 11.7. The topological polar surface area (TPSA) is 58.7 Å². The molecule has 5 nitrogen and oxygen atoms in total. The molecule has 2 heterocycles. The van der Waals surface area contributed by atoms with E-state index in [0.717, 1.165) is 37.4 Å². The highest BCUT2D eigenvalue weighted by Crippen LogP contribution is 2.42. The first-order valence-electron chi connectivity index (χ1n) is 8.79. The predicted octanol–water partition coefficient (Wildman–Crippen LogP) is 3.35. The van der Waals surface area contributed by atoms with Gasteiger partial charge < -0.3 is 14.4 Å². The Balaban J connectivity index is 1.64. The van der Waals surface area contributed by atoms with Crippen LogP contribution in [0.2, 0.25) is 0 Å². The molecule has 1 saturated carbocycles. The van der Waals surface area contributed by atoms with E-state index >= 15 is 0 Å². The number of hydrogen-bond donors (Lipinski definition) is 1. The minimum absolute atomic E-state index is 0.101. The molecule has 0 amide bonds. The third-order valence-electron chi connectivity index (χ3n) is 4.93. The Hall–Kier alpha value is -1.85. The molecule has 1 unspecified atom stereocenters. The largest absolute Gasteiger partial charge is 0.493 e. The quantitative estimate of drug-likeness (QED) is 0.912. The molecule has 4 rings (SSSR count). The second kappa shape index (κ2) is 6.57. The minimum Gasteiger partial charge on any atom is -0.493 e. The highest BCUT2D eigenvalue weighted by molar-refractivity contribution is 5.40. The Bertz CT molecular complexity index is 708. The van der Waals surface area contributed by atoms with Crippen LogP contribution in [0.4, 0.5) is 0 Å². The Kier molecular flexibility index (Phi) is 4.29. The molecule has 1 atom stereocenters. The molecule has 0 spiro atoms. The number of nitrogens with zero attached hydrogens (tertiary/aromatic N) is 2. The van der Waals surface area contributed by atoms with Crippen molar-refractivity contribution in [1.29, 1.82) is 0 Å². The first-order valence-corrected chi connectivity index (χ1v) is 8.79. The van der Waals surface area contributed by atoms with Crippen LogP contribution in [0.5, 0.6) is 5.75 Å². The molecular weight excluding hydrogens is 304 g/mol. The lowest BCUT2D eigenvalue weighted by molar-refractivity contribution is 0.162. The van der Waals surface area contributed by atoms with E-state index in [1.807, 2.05) is 6.07 Å². The average molecular weight is 328 g/mol. The van der Waals surface area contributed by atoms with Crippen LogP contribution in [0.25, 0.3) is 0 Å². The molecule has 1 fully saturated rings. The molecule has 0 radical (unpaired) electrons. The number of aliphatic hydroxyl groups is 1. The fourth-order valence-electron chi connectivity index (χ4n) is 3.61. The number of rotatable bonds is 5. The fourth-order valence-corrected chi connectivity index (χ4v) is 3.61. The smallest absolute Gasteiger partial charge is 0.162 e. The third kappa shape index (κ3) is 3.19.